The summed E-state index contributed by atoms with van der Waals surface area (Å²) < 4.78 is -0.802. The molecule has 2 bridgehead atoms. The Morgan fingerprint density at radius 2 is 1.81 bits per heavy atom. The third kappa shape index (κ3) is 3.95. The maximum atomic E-state index is 13.8. The Morgan fingerprint density at radius 1 is 1.09 bits per heavy atom. The van der Waals surface area contributed by atoms with Crippen molar-refractivity contribution < 1.29 is 19.5 Å². The maximum Gasteiger partial charge on any atom is 0.244 e. The Balaban J connectivity index is 1.59. The normalized spacial score (nSPS) is 36.4. The number of hydrogen-bond donors (Lipinski definition) is 3. The summed E-state index contributed by atoms with van der Waals surface area (Å²) in [4.78, 5) is 42.2. The number of amides is 3. The van der Waals surface area contributed by atoms with Gasteiger partial charge in [-0.25, -0.2) is 0 Å². The number of carbonyl (C=O) groups excluding carboxylic acids is 3. The van der Waals surface area contributed by atoms with Crippen molar-refractivity contribution in [2.45, 2.75) is 99.1 Å². The van der Waals surface area contributed by atoms with E-state index in [1.807, 2.05) is 4.90 Å². The van der Waals surface area contributed by atoms with Gasteiger partial charge >= 0.3 is 0 Å². The SMILES string of the molecule is CNC(=O)[C@@H]1[C@H]2C(=O)N(CCCCCCO)C(C(=O)NC3CCCCC3)C23CC[C@@]1(C)S3. The van der Waals surface area contributed by atoms with Gasteiger partial charge in [0, 0.05) is 31.0 Å². The molecule has 1 saturated carbocycles. The smallest absolute Gasteiger partial charge is 0.244 e. The van der Waals surface area contributed by atoms with Crippen LogP contribution in [0.1, 0.15) is 77.6 Å². The molecule has 180 valence electrons. The predicted molar refractivity (Wildman–Crippen MR) is 125 cm³/mol. The highest BCUT2D eigenvalue weighted by molar-refractivity contribution is 8.02. The first-order chi connectivity index (χ1) is 15.4. The number of aliphatic hydroxyl groups is 1. The lowest BCUT2D eigenvalue weighted by Gasteiger charge is -2.35. The second-order valence-electron chi connectivity index (χ2n) is 10.4. The molecule has 1 aliphatic carbocycles. The lowest BCUT2D eigenvalue weighted by Crippen LogP contribution is -2.55. The lowest BCUT2D eigenvalue weighted by atomic mass is 9.66. The molecule has 4 rings (SSSR count). The van der Waals surface area contributed by atoms with Crippen molar-refractivity contribution in [2.75, 3.05) is 20.2 Å². The number of nitrogens with one attached hydrogen (secondary N) is 2. The highest BCUT2D eigenvalue weighted by Gasteiger charge is 2.76. The average Bonchev–Trinajstić information content (AvgIpc) is 3.34. The second kappa shape index (κ2) is 9.53. The second-order valence-corrected chi connectivity index (χ2v) is 12.3. The van der Waals surface area contributed by atoms with E-state index in [0.29, 0.717) is 6.54 Å². The van der Waals surface area contributed by atoms with Crippen LogP contribution < -0.4 is 10.6 Å². The molecule has 1 spiro atoms. The van der Waals surface area contributed by atoms with Crippen LogP contribution in [0.5, 0.6) is 0 Å². The highest BCUT2D eigenvalue weighted by atomic mass is 32.2. The van der Waals surface area contributed by atoms with Crippen LogP contribution in [-0.4, -0.2) is 69.5 Å². The summed E-state index contributed by atoms with van der Waals surface area (Å²) in [6, 6.07) is -0.302. The van der Waals surface area contributed by atoms with Crippen LogP contribution in [0.25, 0.3) is 0 Å². The van der Waals surface area contributed by atoms with Crippen molar-refractivity contribution in [2.24, 2.45) is 11.8 Å². The van der Waals surface area contributed by atoms with E-state index >= 15 is 0 Å². The fourth-order valence-corrected chi connectivity index (χ4v) is 9.15. The molecular formula is C24H39N3O4S. The number of thioether (sulfide) groups is 1. The van der Waals surface area contributed by atoms with E-state index < -0.39 is 16.7 Å². The standard InChI is InChI=1S/C24H39N3O4S/c1-23-12-13-24(32-23)18(17(23)20(29)25-2)22(31)27(14-8-3-4-9-15-28)19(24)21(30)26-16-10-6-5-7-11-16/h16-19,28H,3-15H2,1-2H3,(H,25,29)(H,26,30)/t17-,18-,19?,23+,24?/m0/s1. The maximum absolute atomic E-state index is 13.8. The number of carbonyl (C=O) groups is 3. The highest BCUT2D eigenvalue weighted by Crippen LogP contribution is 2.71. The van der Waals surface area contributed by atoms with E-state index in [9.17, 15) is 14.4 Å². The van der Waals surface area contributed by atoms with Gasteiger partial charge in [-0.1, -0.05) is 32.1 Å². The summed E-state index contributed by atoms with van der Waals surface area (Å²) in [5.41, 5.74) is 0. The van der Waals surface area contributed by atoms with Crippen molar-refractivity contribution in [1.82, 2.24) is 15.5 Å². The minimum atomic E-state index is -0.507. The summed E-state index contributed by atoms with van der Waals surface area (Å²) in [7, 11) is 1.64. The Labute approximate surface area is 195 Å². The molecule has 0 aromatic rings. The molecule has 0 aromatic carbocycles. The van der Waals surface area contributed by atoms with Crippen LogP contribution in [-0.2, 0) is 14.4 Å². The molecule has 3 N–H and O–H groups in total. The number of fused-ring (bicyclic) bond motifs is 1. The zero-order chi connectivity index (χ0) is 22.9. The first-order valence-corrected chi connectivity index (χ1v) is 13.3. The van der Waals surface area contributed by atoms with Gasteiger partial charge in [0.1, 0.15) is 6.04 Å². The Bertz CT molecular complexity index is 743. The minimum absolute atomic E-state index is 0.0134. The summed E-state index contributed by atoms with van der Waals surface area (Å²) >= 11 is 1.74. The van der Waals surface area contributed by atoms with Crippen LogP contribution in [0.2, 0.25) is 0 Å². The van der Waals surface area contributed by atoms with Gasteiger partial charge in [-0.2, -0.15) is 0 Å². The van der Waals surface area contributed by atoms with Crippen molar-refractivity contribution in [3.63, 3.8) is 0 Å². The van der Waals surface area contributed by atoms with E-state index in [0.717, 1.165) is 64.2 Å². The fraction of sp³-hybridized carbons (Fsp3) is 0.875. The number of aliphatic hydroxyl groups excluding tert-OH is 1. The van der Waals surface area contributed by atoms with Gasteiger partial charge in [-0.3, -0.25) is 14.4 Å². The van der Waals surface area contributed by atoms with Gasteiger partial charge in [0.05, 0.1) is 16.6 Å². The Hall–Kier alpha value is -1.28. The molecule has 3 amide bonds. The fourth-order valence-electron chi connectivity index (χ4n) is 6.80. The predicted octanol–water partition coefficient (Wildman–Crippen LogP) is 2.22. The monoisotopic (exact) mass is 465 g/mol. The molecule has 5 atom stereocenters. The average molecular weight is 466 g/mol. The molecule has 2 unspecified atom stereocenters. The lowest BCUT2D eigenvalue weighted by molar-refractivity contribution is -0.140. The van der Waals surface area contributed by atoms with E-state index in [4.69, 9.17) is 5.11 Å². The largest absolute Gasteiger partial charge is 0.396 e. The van der Waals surface area contributed by atoms with Crippen molar-refractivity contribution in [3.8, 4) is 0 Å². The molecule has 4 aliphatic rings. The number of likely N-dealkylation sites (tertiary alicyclic amines) is 1. The molecule has 8 heteroatoms. The first kappa shape index (κ1) is 23.9. The van der Waals surface area contributed by atoms with E-state index in [1.54, 1.807) is 18.8 Å². The zero-order valence-corrected chi connectivity index (χ0v) is 20.3. The Kier molecular flexibility index (Phi) is 7.11. The number of hydrogen-bond acceptors (Lipinski definition) is 5. The van der Waals surface area contributed by atoms with Crippen molar-refractivity contribution >= 4 is 29.5 Å². The first-order valence-electron chi connectivity index (χ1n) is 12.5. The molecule has 4 fully saturated rings. The van der Waals surface area contributed by atoms with Crippen molar-refractivity contribution in [1.29, 1.82) is 0 Å². The molecule has 0 radical (unpaired) electrons. The number of nitrogens with zero attached hydrogens (tertiary/aromatic N) is 1. The minimum Gasteiger partial charge on any atom is -0.396 e. The third-order valence-corrected chi connectivity index (χ3v) is 10.3. The number of unbranched alkanes of at least 4 members (excludes halogenated alkanes) is 3. The molecule has 3 saturated heterocycles. The van der Waals surface area contributed by atoms with Crippen LogP contribution in [0.4, 0.5) is 0 Å². The van der Waals surface area contributed by atoms with Gasteiger partial charge in [0.25, 0.3) is 0 Å². The molecular weight excluding hydrogens is 426 g/mol. The van der Waals surface area contributed by atoms with Gasteiger partial charge in [0.2, 0.25) is 17.7 Å². The van der Waals surface area contributed by atoms with Crippen LogP contribution in [0.15, 0.2) is 0 Å². The van der Waals surface area contributed by atoms with Crippen LogP contribution >= 0.6 is 11.8 Å². The Morgan fingerprint density at radius 3 is 2.50 bits per heavy atom. The third-order valence-electron chi connectivity index (χ3n) is 8.31. The van der Waals surface area contributed by atoms with Crippen molar-refractivity contribution in [3.05, 3.63) is 0 Å². The summed E-state index contributed by atoms with van der Waals surface area (Å²) in [6.07, 6.45) is 10.6. The summed E-state index contributed by atoms with van der Waals surface area (Å²) in [6.45, 7) is 2.83. The summed E-state index contributed by atoms with van der Waals surface area (Å²) in [5, 5.41) is 15.1. The molecule has 3 heterocycles. The molecule has 32 heavy (non-hydrogen) atoms. The quantitative estimate of drug-likeness (QED) is 0.454. The van der Waals surface area contributed by atoms with Gasteiger partial charge in [-0.05, 0) is 45.4 Å². The zero-order valence-electron chi connectivity index (χ0n) is 19.5. The van der Waals surface area contributed by atoms with E-state index in [-0.39, 0.29) is 41.0 Å². The molecule has 0 aromatic heterocycles. The van der Waals surface area contributed by atoms with Gasteiger partial charge < -0.3 is 20.6 Å². The van der Waals surface area contributed by atoms with Gasteiger partial charge in [0.15, 0.2) is 0 Å². The van der Waals surface area contributed by atoms with Crippen LogP contribution in [0, 0.1) is 11.8 Å². The number of rotatable bonds is 9. The molecule has 3 aliphatic heterocycles. The van der Waals surface area contributed by atoms with E-state index in [1.165, 1.54) is 6.42 Å². The van der Waals surface area contributed by atoms with Crippen LogP contribution in [0.3, 0.4) is 0 Å². The summed E-state index contributed by atoms with van der Waals surface area (Å²) in [5.74, 6) is -0.914. The topological polar surface area (TPSA) is 98.7 Å². The molecule has 7 nitrogen and oxygen atoms in total. The van der Waals surface area contributed by atoms with E-state index in [2.05, 4.69) is 17.6 Å². The van der Waals surface area contributed by atoms with Gasteiger partial charge in [-0.15, -0.1) is 11.8 Å².